The van der Waals surface area contributed by atoms with Crippen molar-refractivity contribution in [1.82, 2.24) is 9.66 Å². The van der Waals surface area contributed by atoms with Gasteiger partial charge in [-0.2, -0.15) is 22.9 Å². The lowest BCUT2D eigenvalue weighted by molar-refractivity contribution is -0.148. The van der Waals surface area contributed by atoms with Gasteiger partial charge >= 0.3 is 12.1 Å². The summed E-state index contributed by atoms with van der Waals surface area (Å²) in [6.07, 6.45) is -4.12. The Bertz CT molecular complexity index is 1640. The minimum atomic E-state index is -4.58. The molecule has 0 saturated carbocycles. The van der Waals surface area contributed by atoms with Gasteiger partial charge in [0.2, 0.25) is 0 Å². The first-order chi connectivity index (χ1) is 18.5. The number of benzene rings is 3. The first kappa shape index (κ1) is 28.1. The van der Waals surface area contributed by atoms with E-state index in [1.54, 1.807) is 36.4 Å². The quantitative estimate of drug-likeness (QED) is 0.149. The second-order valence-electron chi connectivity index (χ2n) is 8.21. The highest BCUT2D eigenvalue weighted by atomic mass is 127. The van der Waals surface area contributed by atoms with Crippen molar-refractivity contribution in [1.29, 1.82) is 0 Å². The molecule has 0 aliphatic heterocycles. The summed E-state index contributed by atoms with van der Waals surface area (Å²) in [4.78, 5) is 29.6. The average Bonchev–Trinajstić information content (AvgIpc) is 2.92. The van der Waals surface area contributed by atoms with Gasteiger partial charge in [-0.3, -0.25) is 4.79 Å². The van der Waals surface area contributed by atoms with Crippen LogP contribution >= 0.6 is 22.6 Å². The number of hydrogen-bond donors (Lipinski definition) is 0. The van der Waals surface area contributed by atoms with Crippen LogP contribution in [0, 0.1) is 3.57 Å². The second-order valence-corrected chi connectivity index (χ2v) is 9.37. The lowest BCUT2D eigenvalue weighted by Gasteiger charge is -2.17. The number of fused-ring (bicyclic) bond motifs is 1. The first-order valence-corrected chi connectivity index (χ1v) is 12.5. The van der Waals surface area contributed by atoms with Crippen LogP contribution in [0.3, 0.4) is 0 Å². The Balaban J connectivity index is 1.83. The minimum Gasteiger partial charge on any atom is -0.493 e. The largest absolute Gasteiger partial charge is 0.493 e. The minimum absolute atomic E-state index is 0.0606. The summed E-state index contributed by atoms with van der Waals surface area (Å²) in [6, 6.07) is 14.3. The molecule has 1 heterocycles. The Morgan fingerprint density at radius 1 is 1.10 bits per heavy atom. The molecule has 0 saturated heterocycles. The van der Waals surface area contributed by atoms with Crippen molar-refractivity contribution in [2.24, 2.45) is 5.10 Å². The Morgan fingerprint density at radius 3 is 2.54 bits per heavy atom. The number of carbonyl (C=O) groups excluding carboxylic acids is 1. The molecule has 4 aromatic rings. The lowest BCUT2D eigenvalue weighted by Crippen LogP contribution is -2.25. The fourth-order valence-corrected chi connectivity index (χ4v) is 4.45. The number of hydrogen-bond acceptors (Lipinski definition) is 7. The van der Waals surface area contributed by atoms with Gasteiger partial charge in [-0.25, -0.2) is 9.78 Å². The van der Waals surface area contributed by atoms with Crippen LogP contribution in [0.5, 0.6) is 11.5 Å². The zero-order chi connectivity index (χ0) is 28.3. The van der Waals surface area contributed by atoms with Crippen LogP contribution < -0.4 is 15.0 Å². The summed E-state index contributed by atoms with van der Waals surface area (Å²) >= 11 is 2.00. The molecule has 0 fully saturated rings. The third-order valence-electron chi connectivity index (χ3n) is 5.60. The molecule has 3 aromatic carbocycles. The van der Waals surface area contributed by atoms with E-state index in [0.29, 0.717) is 26.1 Å². The van der Waals surface area contributed by atoms with Gasteiger partial charge in [-0.05, 0) is 71.5 Å². The number of halogens is 4. The predicted octanol–water partition coefficient (Wildman–Crippen LogP) is 5.52. The molecule has 12 heteroatoms. The number of aromatic nitrogens is 2. The predicted molar refractivity (Wildman–Crippen MR) is 147 cm³/mol. The molecule has 0 aliphatic rings. The van der Waals surface area contributed by atoms with Gasteiger partial charge in [-0.15, -0.1) is 0 Å². The van der Waals surface area contributed by atoms with Gasteiger partial charge in [0, 0.05) is 5.56 Å². The highest BCUT2D eigenvalue weighted by molar-refractivity contribution is 14.1. The molecule has 0 aliphatic carbocycles. The number of ether oxygens (including phenoxy) is 3. The van der Waals surface area contributed by atoms with E-state index in [1.807, 2.05) is 22.6 Å². The first-order valence-electron chi connectivity index (χ1n) is 11.4. The van der Waals surface area contributed by atoms with Crippen molar-refractivity contribution in [3.8, 4) is 22.9 Å². The van der Waals surface area contributed by atoms with Crippen molar-refractivity contribution in [3.63, 3.8) is 0 Å². The molecule has 39 heavy (non-hydrogen) atoms. The molecule has 1 atom stereocenters. The number of para-hydroxylation sites is 1. The zero-order valence-corrected chi connectivity index (χ0v) is 23.0. The van der Waals surface area contributed by atoms with Crippen molar-refractivity contribution >= 4 is 45.7 Å². The summed E-state index contributed by atoms with van der Waals surface area (Å²) in [5, 5.41) is 4.55. The van der Waals surface area contributed by atoms with Gasteiger partial charge in [0.1, 0.15) is 0 Å². The molecule has 0 N–H and O–H groups in total. The maximum Gasteiger partial charge on any atom is 0.416 e. The van der Waals surface area contributed by atoms with E-state index in [0.717, 1.165) is 16.8 Å². The molecule has 1 aromatic heterocycles. The smallest absolute Gasteiger partial charge is 0.416 e. The number of esters is 1. The van der Waals surface area contributed by atoms with Crippen molar-refractivity contribution in [3.05, 3.63) is 85.7 Å². The lowest BCUT2D eigenvalue weighted by atomic mass is 10.1. The van der Waals surface area contributed by atoms with Gasteiger partial charge in [0.05, 0.1) is 40.5 Å². The van der Waals surface area contributed by atoms with E-state index in [4.69, 9.17) is 14.2 Å². The van der Waals surface area contributed by atoms with Crippen LogP contribution in [0.4, 0.5) is 13.2 Å². The monoisotopic (exact) mass is 651 g/mol. The van der Waals surface area contributed by atoms with Crippen LogP contribution in [-0.4, -0.2) is 42.2 Å². The number of rotatable bonds is 7. The third kappa shape index (κ3) is 6.05. The van der Waals surface area contributed by atoms with Crippen molar-refractivity contribution in [2.45, 2.75) is 19.2 Å². The van der Waals surface area contributed by atoms with E-state index in [9.17, 15) is 22.8 Å². The number of methoxy groups -OCH3 is 2. The van der Waals surface area contributed by atoms with Crippen LogP contribution in [0.25, 0.3) is 22.3 Å². The SMILES string of the molecule is COC(=O)[C@H](C)Oc1c(I)cc(C=Nn2c(-c3cccc(C(F)(F)F)c3)nc3ccccc3c2=O)cc1OC. The van der Waals surface area contributed by atoms with E-state index >= 15 is 0 Å². The molecule has 0 radical (unpaired) electrons. The molecule has 0 spiro atoms. The number of alkyl halides is 3. The number of carbonyl (C=O) groups is 1. The van der Waals surface area contributed by atoms with Crippen molar-refractivity contribution in [2.75, 3.05) is 14.2 Å². The van der Waals surface area contributed by atoms with Crippen LogP contribution in [0.1, 0.15) is 18.1 Å². The van der Waals surface area contributed by atoms with Gasteiger partial charge in [-0.1, -0.05) is 24.3 Å². The van der Waals surface area contributed by atoms with E-state index in [2.05, 4.69) is 10.1 Å². The summed E-state index contributed by atoms with van der Waals surface area (Å²) in [5.41, 5.74) is -0.563. The maximum absolute atomic E-state index is 13.4. The van der Waals surface area contributed by atoms with E-state index in [-0.39, 0.29) is 16.8 Å². The molecular weight excluding hydrogens is 630 g/mol. The van der Waals surface area contributed by atoms with Gasteiger partial charge in [0.25, 0.3) is 5.56 Å². The molecule has 0 amide bonds. The summed E-state index contributed by atoms with van der Waals surface area (Å²) in [5.74, 6) is -0.0260. The molecule has 4 rings (SSSR count). The summed E-state index contributed by atoms with van der Waals surface area (Å²) in [6.45, 7) is 1.53. The molecule has 202 valence electrons. The van der Waals surface area contributed by atoms with Gasteiger partial charge in [0.15, 0.2) is 23.4 Å². The topological polar surface area (TPSA) is 92.0 Å². The molecule has 0 bridgehead atoms. The van der Waals surface area contributed by atoms with E-state index < -0.39 is 29.4 Å². The fraction of sp³-hybridized carbons (Fsp3) is 0.185. The second kappa shape index (κ2) is 11.4. The third-order valence-corrected chi connectivity index (χ3v) is 6.40. The van der Waals surface area contributed by atoms with Crippen LogP contribution in [-0.2, 0) is 15.7 Å². The Morgan fingerprint density at radius 2 is 1.85 bits per heavy atom. The molecular formula is C27H21F3IN3O5. The summed E-state index contributed by atoms with van der Waals surface area (Å²) in [7, 11) is 2.67. The van der Waals surface area contributed by atoms with Crippen LogP contribution in [0.2, 0.25) is 0 Å². The maximum atomic E-state index is 13.4. The Labute approximate surface area is 234 Å². The molecule has 0 unspecified atom stereocenters. The highest BCUT2D eigenvalue weighted by Crippen LogP contribution is 2.35. The van der Waals surface area contributed by atoms with E-state index in [1.165, 1.54) is 39.5 Å². The molecule has 8 nitrogen and oxygen atoms in total. The number of nitrogens with zero attached hydrogens (tertiary/aromatic N) is 3. The Kier molecular flexibility index (Phi) is 8.23. The fourth-order valence-electron chi connectivity index (χ4n) is 3.70. The standard InChI is InChI=1S/C27H21F3IN3O5/c1-15(26(36)38-3)39-23-20(31)11-16(12-22(23)37-2)14-32-34-24(17-7-6-8-18(13-17)27(28,29)30)33-21-10-5-4-9-19(21)25(34)35/h4-15H,1-3H3/t15-/m0/s1. The average molecular weight is 651 g/mol. The van der Waals surface area contributed by atoms with Gasteiger partial charge < -0.3 is 14.2 Å². The zero-order valence-electron chi connectivity index (χ0n) is 20.8. The Hall–Kier alpha value is -3.94. The van der Waals surface area contributed by atoms with Crippen LogP contribution in [0.15, 0.2) is 70.6 Å². The summed E-state index contributed by atoms with van der Waals surface area (Å²) < 4.78 is 57.6. The normalized spacial score (nSPS) is 12.5. The van der Waals surface area contributed by atoms with Crippen molar-refractivity contribution < 1.29 is 32.2 Å². The highest BCUT2D eigenvalue weighted by Gasteiger charge is 2.31.